The molecule has 3 aromatic rings. The Hall–Kier alpha value is -2.67. The molecule has 4 rings (SSSR count). The van der Waals surface area contributed by atoms with Gasteiger partial charge in [-0.3, -0.25) is 0 Å². The van der Waals surface area contributed by atoms with Gasteiger partial charge in [0.05, 0.1) is 5.02 Å². The highest BCUT2D eigenvalue weighted by Crippen LogP contribution is 2.29. The minimum atomic E-state index is -0.511. The highest BCUT2D eigenvalue weighted by molar-refractivity contribution is 6.31. The Morgan fingerprint density at radius 2 is 2.26 bits per heavy atom. The lowest BCUT2D eigenvalue weighted by Crippen LogP contribution is -2.33. The van der Waals surface area contributed by atoms with E-state index >= 15 is 0 Å². The lowest BCUT2D eigenvalue weighted by Gasteiger charge is -2.18. The molecule has 8 heteroatoms. The molecule has 0 spiro atoms. The van der Waals surface area contributed by atoms with E-state index in [9.17, 15) is 9.18 Å². The molecule has 1 atom stereocenters. The Bertz CT molecular complexity index is 1000. The maximum atomic E-state index is 13.3. The molecule has 1 saturated heterocycles. The van der Waals surface area contributed by atoms with Gasteiger partial charge in [0.2, 0.25) is 0 Å². The molecule has 1 fully saturated rings. The van der Waals surface area contributed by atoms with Gasteiger partial charge in [-0.05, 0) is 43.7 Å². The average molecular weight is 388 g/mol. The van der Waals surface area contributed by atoms with Gasteiger partial charge in [-0.15, -0.1) is 0 Å². The number of pyridine rings is 1. The van der Waals surface area contributed by atoms with Crippen LogP contribution >= 0.6 is 11.6 Å². The summed E-state index contributed by atoms with van der Waals surface area (Å²) >= 11 is 5.78. The molecule has 1 N–H and O–H groups in total. The molecule has 0 saturated carbocycles. The van der Waals surface area contributed by atoms with Crippen LogP contribution in [0.3, 0.4) is 0 Å². The van der Waals surface area contributed by atoms with Gasteiger partial charge in [0.1, 0.15) is 17.2 Å². The van der Waals surface area contributed by atoms with Crippen LogP contribution in [0.4, 0.5) is 14.9 Å². The molecule has 1 aliphatic heterocycles. The third-order valence-electron chi connectivity index (χ3n) is 4.86. The summed E-state index contributed by atoms with van der Waals surface area (Å²) < 4.78 is 15.4. The Labute approximate surface area is 161 Å². The number of nitrogens with one attached hydrogen (secondary N) is 1. The lowest BCUT2D eigenvalue weighted by atomic mass is 10.1. The molecular formula is C19H19ClFN5O. The number of carbonyl (C=O) groups excluding carboxylic acids is 1. The van der Waals surface area contributed by atoms with Gasteiger partial charge in [0.25, 0.3) is 0 Å². The van der Waals surface area contributed by atoms with E-state index in [0.29, 0.717) is 18.8 Å². The van der Waals surface area contributed by atoms with E-state index in [2.05, 4.69) is 21.8 Å². The molecule has 0 aliphatic carbocycles. The number of amides is 2. The quantitative estimate of drug-likeness (QED) is 0.730. The summed E-state index contributed by atoms with van der Waals surface area (Å²) in [5, 5.41) is 2.76. The van der Waals surface area contributed by atoms with Gasteiger partial charge in [-0.1, -0.05) is 11.6 Å². The van der Waals surface area contributed by atoms with Gasteiger partial charge in [-0.25, -0.2) is 19.2 Å². The first-order valence-electron chi connectivity index (χ1n) is 8.89. The van der Waals surface area contributed by atoms with E-state index in [1.54, 1.807) is 11.1 Å². The number of fused-ring (bicyclic) bond motifs is 1. The number of carbonyl (C=O) groups is 1. The lowest BCUT2D eigenvalue weighted by molar-refractivity contribution is 0.222. The van der Waals surface area contributed by atoms with Crippen LogP contribution in [-0.2, 0) is 6.54 Å². The Kier molecular flexibility index (Phi) is 4.70. The number of anilines is 1. The Morgan fingerprint density at radius 3 is 3.04 bits per heavy atom. The average Bonchev–Trinajstić information content (AvgIpc) is 3.29. The molecule has 27 heavy (non-hydrogen) atoms. The minimum Gasteiger partial charge on any atom is -0.324 e. The number of imidazole rings is 1. The molecule has 3 heterocycles. The van der Waals surface area contributed by atoms with Crippen molar-refractivity contribution in [2.75, 3.05) is 18.4 Å². The molecular weight excluding hydrogens is 369 g/mol. The van der Waals surface area contributed by atoms with Crippen molar-refractivity contribution in [3.8, 4) is 0 Å². The summed E-state index contributed by atoms with van der Waals surface area (Å²) in [5.41, 5.74) is 2.22. The van der Waals surface area contributed by atoms with Crippen molar-refractivity contribution >= 4 is 34.5 Å². The fourth-order valence-corrected chi connectivity index (χ4v) is 3.71. The molecule has 2 aromatic heterocycles. The second kappa shape index (κ2) is 7.15. The zero-order chi connectivity index (χ0) is 19.0. The van der Waals surface area contributed by atoms with Gasteiger partial charge >= 0.3 is 6.03 Å². The molecule has 1 unspecified atom stereocenters. The predicted molar refractivity (Wildman–Crippen MR) is 103 cm³/mol. The van der Waals surface area contributed by atoms with Crippen molar-refractivity contribution in [1.29, 1.82) is 0 Å². The van der Waals surface area contributed by atoms with E-state index in [4.69, 9.17) is 16.6 Å². The maximum absolute atomic E-state index is 13.3. The van der Waals surface area contributed by atoms with E-state index in [0.717, 1.165) is 30.0 Å². The van der Waals surface area contributed by atoms with Crippen molar-refractivity contribution in [3.05, 3.63) is 53.2 Å². The number of benzene rings is 1. The number of aromatic nitrogens is 3. The molecule has 0 radical (unpaired) electrons. The highest BCUT2D eigenvalue weighted by atomic mass is 35.5. The fourth-order valence-electron chi connectivity index (χ4n) is 3.53. The summed E-state index contributed by atoms with van der Waals surface area (Å²) in [4.78, 5) is 23.5. The second-order valence-electron chi connectivity index (χ2n) is 6.55. The van der Waals surface area contributed by atoms with E-state index in [1.165, 1.54) is 18.2 Å². The summed E-state index contributed by atoms with van der Waals surface area (Å²) in [6, 6.07) is 7.75. The second-order valence-corrected chi connectivity index (χ2v) is 6.96. The molecule has 0 bridgehead atoms. The molecule has 6 nitrogen and oxygen atoms in total. The molecule has 1 aliphatic rings. The third-order valence-corrected chi connectivity index (χ3v) is 5.15. The standard InChI is InChI=1S/C19H19ClFN5O/c1-2-26-17(24-16-4-3-8-22-18(16)26)12-7-9-25(11-12)19(27)23-13-5-6-15(21)14(20)10-13/h3-6,8,10,12H,2,7,9,11H2,1H3,(H,23,27). The summed E-state index contributed by atoms with van der Waals surface area (Å²) in [6.07, 6.45) is 2.60. The Balaban J connectivity index is 1.50. The van der Waals surface area contributed by atoms with Crippen LogP contribution in [0.5, 0.6) is 0 Å². The largest absolute Gasteiger partial charge is 0.324 e. The predicted octanol–water partition coefficient (Wildman–Crippen LogP) is 4.27. The minimum absolute atomic E-state index is 0.0174. The molecule has 140 valence electrons. The number of likely N-dealkylation sites (tertiary alicyclic amines) is 1. The van der Waals surface area contributed by atoms with E-state index in [1.807, 2.05) is 12.1 Å². The number of aryl methyl sites for hydroxylation is 1. The summed E-state index contributed by atoms with van der Waals surface area (Å²) in [5.74, 6) is 0.607. The van der Waals surface area contributed by atoms with Gasteiger partial charge in [0.15, 0.2) is 5.65 Å². The van der Waals surface area contributed by atoms with Gasteiger partial charge < -0.3 is 14.8 Å². The van der Waals surface area contributed by atoms with Crippen LogP contribution in [0.2, 0.25) is 5.02 Å². The fraction of sp³-hybridized carbons (Fsp3) is 0.316. The van der Waals surface area contributed by atoms with Crippen LogP contribution in [0.1, 0.15) is 25.1 Å². The van der Waals surface area contributed by atoms with Crippen molar-refractivity contribution in [2.24, 2.45) is 0 Å². The van der Waals surface area contributed by atoms with Gasteiger partial charge in [0, 0.05) is 37.4 Å². The first kappa shape index (κ1) is 17.7. The third kappa shape index (κ3) is 3.35. The van der Waals surface area contributed by atoms with Crippen molar-refractivity contribution in [3.63, 3.8) is 0 Å². The maximum Gasteiger partial charge on any atom is 0.321 e. The van der Waals surface area contributed by atoms with Crippen LogP contribution < -0.4 is 5.32 Å². The number of hydrogen-bond acceptors (Lipinski definition) is 3. The SMILES string of the molecule is CCn1c(C2CCN(C(=O)Nc3ccc(F)c(Cl)c3)C2)nc2cccnc21. The number of nitrogens with zero attached hydrogens (tertiary/aromatic N) is 4. The summed E-state index contributed by atoms with van der Waals surface area (Å²) in [7, 11) is 0. The smallest absolute Gasteiger partial charge is 0.321 e. The molecule has 2 amide bonds. The topological polar surface area (TPSA) is 63.1 Å². The zero-order valence-corrected chi connectivity index (χ0v) is 15.6. The number of rotatable bonds is 3. The van der Waals surface area contributed by atoms with Crippen LogP contribution in [0, 0.1) is 5.82 Å². The number of hydrogen-bond donors (Lipinski definition) is 1. The van der Waals surface area contributed by atoms with Crippen LogP contribution in [0.15, 0.2) is 36.5 Å². The van der Waals surface area contributed by atoms with Crippen LogP contribution in [0.25, 0.3) is 11.2 Å². The summed E-state index contributed by atoms with van der Waals surface area (Å²) in [6.45, 7) is 4.05. The first-order valence-corrected chi connectivity index (χ1v) is 9.26. The van der Waals surface area contributed by atoms with Gasteiger partial charge in [-0.2, -0.15) is 0 Å². The number of urea groups is 1. The molecule has 1 aromatic carbocycles. The van der Waals surface area contributed by atoms with Crippen molar-refractivity contribution in [2.45, 2.75) is 25.8 Å². The normalized spacial score (nSPS) is 16.9. The highest BCUT2D eigenvalue weighted by Gasteiger charge is 2.31. The zero-order valence-electron chi connectivity index (χ0n) is 14.8. The first-order chi connectivity index (χ1) is 13.1. The van der Waals surface area contributed by atoms with Crippen LogP contribution in [-0.4, -0.2) is 38.6 Å². The van der Waals surface area contributed by atoms with Crippen molar-refractivity contribution < 1.29 is 9.18 Å². The number of halogens is 2. The Morgan fingerprint density at radius 1 is 1.41 bits per heavy atom. The monoisotopic (exact) mass is 387 g/mol. The van der Waals surface area contributed by atoms with E-state index in [-0.39, 0.29) is 17.0 Å². The van der Waals surface area contributed by atoms with E-state index < -0.39 is 5.82 Å². The van der Waals surface area contributed by atoms with Crippen molar-refractivity contribution in [1.82, 2.24) is 19.4 Å².